The topological polar surface area (TPSA) is 0 Å². The van der Waals surface area contributed by atoms with Crippen LogP contribution in [0.5, 0.6) is 0 Å². The van der Waals surface area contributed by atoms with Crippen LogP contribution in [0.3, 0.4) is 0 Å². The molecule has 13 rings (SSSR count). The molecule has 0 nitrogen and oxygen atoms in total. The Labute approximate surface area is 357 Å². The molecule has 11 aromatic carbocycles. The summed E-state index contributed by atoms with van der Waals surface area (Å²) in [7, 11) is 0. The molecule has 0 heteroatoms. The maximum absolute atomic E-state index is 2.62. The Kier molecular flexibility index (Phi) is 6.99. The average molecular weight is 779 g/mol. The Morgan fingerprint density at radius 2 is 0.787 bits per heavy atom. The lowest BCUT2D eigenvalue weighted by molar-refractivity contribution is 0.661. The van der Waals surface area contributed by atoms with Gasteiger partial charge in [0.2, 0.25) is 0 Å². The molecule has 0 radical (unpaired) electrons. The van der Waals surface area contributed by atoms with Gasteiger partial charge in [-0.2, -0.15) is 0 Å². The van der Waals surface area contributed by atoms with E-state index in [0.717, 1.165) is 0 Å². The van der Waals surface area contributed by atoms with Crippen LogP contribution in [0.25, 0.3) is 120 Å². The second-order valence-corrected chi connectivity index (χ2v) is 19.1. The Morgan fingerprint density at radius 3 is 1.36 bits per heavy atom. The van der Waals surface area contributed by atoms with Gasteiger partial charge in [-0.25, -0.2) is 0 Å². The monoisotopic (exact) mass is 778 g/mol. The molecule has 0 fully saturated rings. The third kappa shape index (κ3) is 4.45. The van der Waals surface area contributed by atoms with Crippen LogP contribution in [0.4, 0.5) is 0 Å². The molecule has 0 N–H and O–H groups in total. The Morgan fingerprint density at radius 1 is 0.311 bits per heavy atom. The zero-order valence-corrected chi connectivity index (χ0v) is 35.7. The van der Waals surface area contributed by atoms with Crippen molar-refractivity contribution in [3.05, 3.63) is 180 Å². The summed E-state index contributed by atoms with van der Waals surface area (Å²) in [6, 6.07) is 60.5. The van der Waals surface area contributed by atoms with Crippen molar-refractivity contribution in [2.45, 2.75) is 58.8 Å². The normalized spacial score (nSPS) is 13.8. The van der Waals surface area contributed by atoms with Crippen LogP contribution in [0.1, 0.15) is 75.6 Å². The first-order valence-electron chi connectivity index (χ1n) is 22.2. The number of fused-ring (bicyclic) bond motifs is 11. The van der Waals surface area contributed by atoms with Gasteiger partial charge in [0.15, 0.2) is 0 Å². The molecular formula is C61H46. The minimum absolute atomic E-state index is 0.0970. The SMILES string of the molecule is CC(C)c1cc2c3cccc4c5c(cc(c6cc(C(C)C)c7c(c1-c1cc8c(-c9ccccc9)c9ccccc9c(-c9ccccc9)c8cc1-7)c26)c43)C(C)(C)c1ccccc1-5. The van der Waals surface area contributed by atoms with Crippen molar-refractivity contribution in [1.29, 1.82) is 0 Å². The van der Waals surface area contributed by atoms with Crippen molar-refractivity contribution in [3.8, 4) is 55.6 Å². The van der Waals surface area contributed by atoms with Crippen molar-refractivity contribution in [2.24, 2.45) is 0 Å². The quantitative estimate of drug-likeness (QED) is 0.123. The van der Waals surface area contributed by atoms with Gasteiger partial charge in [-0.15, -0.1) is 0 Å². The number of benzene rings is 11. The summed E-state index contributed by atoms with van der Waals surface area (Å²) in [6.45, 7) is 14.5. The van der Waals surface area contributed by atoms with Gasteiger partial charge in [-0.3, -0.25) is 0 Å². The number of hydrogen-bond acceptors (Lipinski definition) is 0. The van der Waals surface area contributed by atoms with Gasteiger partial charge < -0.3 is 0 Å². The number of rotatable bonds is 4. The minimum Gasteiger partial charge on any atom is -0.0622 e. The highest BCUT2D eigenvalue weighted by atomic mass is 14.4. The van der Waals surface area contributed by atoms with Gasteiger partial charge in [0.05, 0.1) is 0 Å². The Hall–Kier alpha value is -6.76. The fourth-order valence-electron chi connectivity index (χ4n) is 12.2. The second-order valence-electron chi connectivity index (χ2n) is 19.1. The lowest BCUT2D eigenvalue weighted by Crippen LogP contribution is -2.14. The van der Waals surface area contributed by atoms with Crippen molar-refractivity contribution in [3.63, 3.8) is 0 Å². The Bertz CT molecular complexity index is 3580. The molecule has 0 amide bonds. The zero-order valence-electron chi connectivity index (χ0n) is 35.7. The van der Waals surface area contributed by atoms with E-state index in [1.54, 1.807) is 0 Å². The molecule has 0 aromatic heterocycles. The van der Waals surface area contributed by atoms with E-state index in [-0.39, 0.29) is 5.41 Å². The van der Waals surface area contributed by atoms with Crippen LogP contribution >= 0.6 is 0 Å². The Balaban J connectivity index is 1.25. The van der Waals surface area contributed by atoms with Gasteiger partial charge in [0, 0.05) is 5.41 Å². The first-order valence-corrected chi connectivity index (χ1v) is 22.2. The van der Waals surface area contributed by atoms with Gasteiger partial charge in [-0.1, -0.05) is 169 Å². The molecule has 11 aromatic rings. The summed E-state index contributed by atoms with van der Waals surface area (Å²) in [4.78, 5) is 0. The van der Waals surface area contributed by atoms with Gasteiger partial charge in [0.1, 0.15) is 0 Å². The van der Waals surface area contributed by atoms with E-state index in [4.69, 9.17) is 0 Å². The van der Waals surface area contributed by atoms with E-state index in [1.165, 1.54) is 143 Å². The highest BCUT2D eigenvalue weighted by Gasteiger charge is 2.38. The van der Waals surface area contributed by atoms with Crippen molar-refractivity contribution < 1.29 is 0 Å². The van der Waals surface area contributed by atoms with E-state index < -0.39 is 0 Å². The molecule has 0 heterocycles. The maximum atomic E-state index is 2.62. The predicted molar refractivity (Wildman–Crippen MR) is 264 cm³/mol. The predicted octanol–water partition coefficient (Wildman–Crippen LogP) is 17.6. The van der Waals surface area contributed by atoms with Crippen molar-refractivity contribution in [1.82, 2.24) is 0 Å². The van der Waals surface area contributed by atoms with E-state index in [9.17, 15) is 0 Å². The molecule has 0 unspecified atom stereocenters. The van der Waals surface area contributed by atoms with Crippen LogP contribution in [0, 0.1) is 0 Å². The lowest BCUT2D eigenvalue weighted by atomic mass is 9.78. The molecule has 0 saturated heterocycles. The molecular weight excluding hydrogens is 733 g/mol. The molecule has 61 heavy (non-hydrogen) atoms. The fourth-order valence-corrected chi connectivity index (χ4v) is 12.2. The number of hydrogen-bond donors (Lipinski definition) is 0. The molecule has 2 aliphatic rings. The van der Waals surface area contributed by atoms with E-state index >= 15 is 0 Å². The van der Waals surface area contributed by atoms with Gasteiger partial charge in [-0.05, 0) is 185 Å². The minimum atomic E-state index is -0.0970. The summed E-state index contributed by atoms with van der Waals surface area (Å²) in [5.41, 5.74) is 19.2. The molecule has 0 saturated carbocycles. The summed E-state index contributed by atoms with van der Waals surface area (Å²) in [5.74, 6) is 0.652. The standard InChI is InChI=1S/C61H46/c1-33(2)42-28-44-39-25-17-26-41-55(39)50(32-52-56(41)40-24-15-16-27-51(40)61(52,5)6)47-29-43(34(3)4)58-49-31-46-45(30-48(49)57(42)60(58)59(44)47)53(35-18-9-7-10-19-35)37-22-13-14-23-38(37)54(46)36-20-11-8-12-21-36/h7-34H,1-6H3. The summed E-state index contributed by atoms with van der Waals surface area (Å²) >= 11 is 0. The van der Waals surface area contributed by atoms with E-state index in [1.807, 2.05) is 0 Å². The van der Waals surface area contributed by atoms with Gasteiger partial charge in [0.25, 0.3) is 0 Å². The maximum Gasteiger partial charge on any atom is 0.0159 e. The molecule has 0 bridgehead atoms. The van der Waals surface area contributed by atoms with Gasteiger partial charge >= 0.3 is 0 Å². The molecule has 0 aliphatic heterocycles. The lowest BCUT2D eigenvalue weighted by Gasteiger charge is -2.25. The van der Waals surface area contributed by atoms with Crippen LogP contribution in [0.15, 0.2) is 158 Å². The first kappa shape index (κ1) is 35.0. The average Bonchev–Trinajstić information content (AvgIpc) is 3.73. The molecule has 290 valence electrons. The summed E-state index contributed by atoms with van der Waals surface area (Å²) in [6.07, 6.45) is 0. The molecule has 0 spiro atoms. The smallest absolute Gasteiger partial charge is 0.0159 e. The fraction of sp³-hybridized carbons (Fsp3) is 0.148. The zero-order chi connectivity index (χ0) is 41.1. The highest BCUT2D eigenvalue weighted by molar-refractivity contribution is 6.39. The van der Waals surface area contributed by atoms with E-state index in [2.05, 4.69) is 199 Å². The summed E-state index contributed by atoms with van der Waals surface area (Å²) < 4.78 is 0. The van der Waals surface area contributed by atoms with Crippen LogP contribution in [-0.4, -0.2) is 0 Å². The molecule has 2 aliphatic carbocycles. The largest absolute Gasteiger partial charge is 0.0622 e. The van der Waals surface area contributed by atoms with Crippen molar-refractivity contribution in [2.75, 3.05) is 0 Å². The van der Waals surface area contributed by atoms with Crippen LogP contribution in [-0.2, 0) is 5.41 Å². The van der Waals surface area contributed by atoms with Crippen LogP contribution in [0.2, 0.25) is 0 Å². The second kappa shape index (κ2) is 12.2. The highest BCUT2D eigenvalue weighted by Crippen LogP contribution is 2.60. The molecule has 0 atom stereocenters. The van der Waals surface area contributed by atoms with Crippen LogP contribution < -0.4 is 0 Å². The van der Waals surface area contributed by atoms with Crippen molar-refractivity contribution >= 4 is 64.6 Å². The first-order chi connectivity index (χ1) is 29.7. The van der Waals surface area contributed by atoms with E-state index in [0.29, 0.717) is 11.8 Å². The third-order valence-electron chi connectivity index (χ3n) is 14.8. The summed E-state index contributed by atoms with van der Waals surface area (Å²) in [5, 5.41) is 16.4. The third-order valence-corrected chi connectivity index (χ3v) is 14.8.